The highest BCUT2D eigenvalue weighted by Gasteiger charge is 2.37. The van der Waals surface area contributed by atoms with Gasteiger partial charge >= 0.3 is 6.03 Å². The third-order valence-corrected chi connectivity index (χ3v) is 3.24. The molecule has 20 heavy (non-hydrogen) atoms. The Morgan fingerprint density at radius 3 is 3.00 bits per heavy atom. The molecule has 0 aromatic heterocycles. The van der Waals surface area contributed by atoms with Crippen LogP contribution < -0.4 is 5.73 Å². The van der Waals surface area contributed by atoms with Crippen LogP contribution in [-0.4, -0.2) is 29.9 Å². The van der Waals surface area contributed by atoms with Crippen LogP contribution in [0, 0.1) is 12.3 Å². The number of benzene rings is 1. The molecule has 104 valence electrons. The van der Waals surface area contributed by atoms with Crippen LogP contribution >= 0.6 is 0 Å². The Hall–Kier alpha value is -2.32. The van der Waals surface area contributed by atoms with Gasteiger partial charge < -0.3 is 10.5 Å². The number of carbonyl (C=O) groups is 1. The summed E-state index contributed by atoms with van der Waals surface area (Å²) in [7, 11) is 1.63. The standard InChI is InChI=1S/C15H17N3O2/c1-4-10(2)18-13(14(16)17-15(18)19)12-7-5-6-11(8-12)9-20-3/h1,5-8,10,13H,9H2,2-3H3,(H2,16,17,19). The second-order valence-electron chi connectivity index (χ2n) is 4.65. The van der Waals surface area contributed by atoms with Gasteiger partial charge in [-0.15, -0.1) is 6.42 Å². The van der Waals surface area contributed by atoms with Crippen molar-refractivity contribution in [1.82, 2.24) is 4.90 Å². The summed E-state index contributed by atoms with van der Waals surface area (Å²) in [5, 5.41) is 0. The largest absolute Gasteiger partial charge is 0.385 e. The number of methoxy groups -OCH3 is 1. The van der Waals surface area contributed by atoms with Crippen LogP contribution in [0.15, 0.2) is 29.3 Å². The minimum Gasteiger partial charge on any atom is -0.385 e. The summed E-state index contributed by atoms with van der Waals surface area (Å²) >= 11 is 0. The molecule has 2 amide bonds. The minimum atomic E-state index is -0.412. The van der Waals surface area contributed by atoms with Crippen molar-refractivity contribution >= 4 is 11.9 Å². The highest BCUT2D eigenvalue weighted by Crippen LogP contribution is 2.29. The molecule has 1 aliphatic heterocycles. The molecule has 5 heteroatoms. The van der Waals surface area contributed by atoms with Gasteiger partial charge in [-0.05, 0) is 18.1 Å². The number of nitrogens with zero attached hydrogens (tertiary/aromatic N) is 2. The Bertz CT molecular complexity index is 589. The Morgan fingerprint density at radius 1 is 1.60 bits per heavy atom. The predicted molar refractivity (Wildman–Crippen MR) is 77.0 cm³/mol. The van der Waals surface area contributed by atoms with Gasteiger partial charge in [0.2, 0.25) is 0 Å². The molecule has 1 aromatic carbocycles. The first kappa shape index (κ1) is 14.1. The number of nitrogens with two attached hydrogens (primary N) is 1. The van der Waals surface area contributed by atoms with Crippen LogP contribution in [0.2, 0.25) is 0 Å². The van der Waals surface area contributed by atoms with E-state index in [4.69, 9.17) is 16.9 Å². The Balaban J connectivity index is 2.38. The van der Waals surface area contributed by atoms with E-state index >= 15 is 0 Å². The average Bonchev–Trinajstić information content (AvgIpc) is 2.73. The van der Waals surface area contributed by atoms with Gasteiger partial charge in [0.25, 0.3) is 0 Å². The minimum absolute atomic E-state index is 0.270. The number of terminal acetylenes is 1. The van der Waals surface area contributed by atoms with Gasteiger partial charge in [0.1, 0.15) is 11.9 Å². The van der Waals surface area contributed by atoms with Crippen molar-refractivity contribution in [1.29, 1.82) is 0 Å². The Morgan fingerprint density at radius 2 is 2.35 bits per heavy atom. The zero-order valence-corrected chi connectivity index (χ0v) is 11.5. The number of urea groups is 1. The first-order valence-corrected chi connectivity index (χ1v) is 6.28. The third kappa shape index (κ3) is 2.51. The van der Waals surface area contributed by atoms with E-state index in [0.29, 0.717) is 6.61 Å². The third-order valence-electron chi connectivity index (χ3n) is 3.24. The van der Waals surface area contributed by atoms with Crippen molar-refractivity contribution < 1.29 is 9.53 Å². The SMILES string of the molecule is C#CC(C)N1C(=O)N=C(N)C1c1cccc(COC)c1. The lowest BCUT2D eigenvalue weighted by molar-refractivity contribution is 0.184. The van der Waals surface area contributed by atoms with E-state index in [0.717, 1.165) is 11.1 Å². The van der Waals surface area contributed by atoms with Crippen molar-refractivity contribution in [2.24, 2.45) is 10.7 Å². The van der Waals surface area contributed by atoms with Crippen molar-refractivity contribution in [2.45, 2.75) is 25.6 Å². The molecule has 0 saturated carbocycles. The molecular formula is C15H17N3O2. The van der Waals surface area contributed by atoms with E-state index in [2.05, 4.69) is 10.9 Å². The van der Waals surface area contributed by atoms with Crippen LogP contribution in [0.3, 0.4) is 0 Å². The summed E-state index contributed by atoms with van der Waals surface area (Å²) in [6, 6.07) is 6.53. The van der Waals surface area contributed by atoms with Gasteiger partial charge in [-0.25, -0.2) is 4.79 Å². The van der Waals surface area contributed by atoms with Gasteiger partial charge in [-0.3, -0.25) is 4.90 Å². The summed E-state index contributed by atoms with van der Waals surface area (Å²) in [4.78, 5) is 17.3. The summed E-state index contributed by atoms with van der Waals surface area (Å²) < 4.78 is 5.11. The van der Waals surface area contributed by atoms with Gasteiger partial charge in [-0.2, -0.15) is 4.99 Å². The molecule has 2 rings (SSSR count). The summed E-state index contributed by atoms with van der Waals surface area (Å²) in [5.41, 5.74) is 7.78. The summed E-state index contributed by atoms with van der Waals surface area (Å²) in [5.74, 6) is 2.82. The zero-order valence-electron chi connectivity index (χ0n) is 11.5. The molecule has 0 saturated heterocycles. The number of aliphatic imine (C=N–C) groups is 1. The smallest absolute Gasteiger partial charge is 0.347 e. The molecule has 0 bridgehead atoms. The van der Waals surface area contributed by atoms with E-state index in [1.54, 1.807) is 14.0 Å². The Labute approximate surface area is 118 Å². The molecule has 0 radical (unpaired) electrons. The van der Waals surface area contributed by atoms with E-state index in [1.165, 1.54) is 4.90 Å². The molecule has 2 N–H and O–H groups in total. The van der Waals surface area contributed by atoms with Crippen LogP contribution in [0.5, 0.6) is 0 Å². The maximum Gasteiger partial charge on any atom is 0.347 e. The van der Waals surface area contributed by atoms with E-state index in [9.17, 15) is 4.79 Å². The number of amides is 2. The molecule has 1 aromatic rings. The van der Waals surface area contributed by atoms with E-state index < -0.39 is 12.1 Å². The highest BCUT2D eigenvalue weighted by molar-refractivity contribution is 6.03. The quantitative estimate of drug-likeness (QED) is 0.847. The summed E-state index contributed by atoms with van der Waals surface area (Å²) in [6.45, 7) is 2.27. The number of hydrogen-bond donors (Lipinski definition) is 1. The van der Waals surface area contributed by atoms with Crippen molar-refractivity contribution in [3.63, 3.8) is 0 Å². The average molecular weight is 271 g/mol. The van der Waals surface area contributed by atoms with E-state index in [-0.39, 0.29) is 11.9 Å². The molecule has 1 aliphatic rings. The maximum absolute atomic E-state index is 11.9. The number of amidine groups is 1. The second-order valence-corrected chi connectivity index (χ2v) is 4.65. The molecule has 0 aliphatic carbocycles. The van der Waals surface area contributed by atoms with Crippen molar-refractivity contribution in [3.8, 4) is 12.3 Å². The van der Waals surface area contributed by atoms with Gasteiger partial charge in [-0.1, -0.05) is 30.2 Å². The van der Waals surface area contributed by atoms with Crippen molar-refractivity contribution in [2.75, 3.05) is 7.11 Å². The number of rotatable bonds is 4. The fraction of sp³-hybridized carbons (Fsp3) is 0.333. The van der Waals surface area contributed by atoms with E-state index in [1.807, 2.05) is 24.3 Å². The lowest BCUT2D eigenvalue weighted by Gasteiger charge is -2.27. The first-order valence-electron chi connectivity index (χ1n) is 6.28. The molecule has 2 atom stereocenters. The van der Waals surface area contributed by atoms with Gasteiger partial charge in [0.15, 0.2) is 0 Å². The maximum atomic E-state index is 11.9. The Kier molecular flexibility index (Phi) is 4.06. The number of ether oxygens (including phenoxy) is 1. The molecule has 0 spiro atoms. The van der Waals surface area contributed by atoms with Crippen LogP contribution in [-0.2, 0) is 11.3 Å². The topological polar surface area (TPSA) is 67.9 Å². The normalized spacial score (nSPS) is 19.6. The number of hydrogen-bond acceptors (Lipinski definition) is 3. The fourth-order valence-electron chi connectivity index (χ4n) is 2.30. The fourth-order valence-corrected chi connectivity index (χ4v) is 2.30. The lowest BCUT2D eigenvalue weighted by atomic mass is 10.0. The zero-order chi connectivity index (χ0) is 14.7. The highest BCUT2D eigenvalue weighted by atomic mass is 16.5. The van der Waals surface area contributed by atoms with Crippen molar-refractivity contribution in [3.05, 3.63) is 35.4 Å². The lowest BCUT2D eigenvalue weighted by Crippen LogP contribution is -2.39. The monoisotopic (exact) mass is 271 g/mol. The second kappa shape index (κ2) is 5.76. The van der Waals surface area contributed by atoms with Gasteiger partial charge in [0, 0.05) is 7.11 Å². The first-order chi connectivity index (χ1) is 9.58. The molecule has 1 heterocycles. The van der Waals surface area contributed by atoms with Crippen LogP contribution in [0.1, 0.15) is 24.1 Å². The van der Waals surface area contributed by atoms with Crippen LogP contribution in [0.25, 0.3) is 0 Å². The summed E-state index contributed by atoms with van der Waals surface area (Å²) in [6.07, 6.45) is 5.42. The molecule has 5 nitrogen and oxygen atoms in total. The number of carbonyl (C=O) groups excluding carboxylic acids is 1. The molecule has 0 fully saturated rings. The molecular weight excluding hydrogens is 254 g/mol. The van der Waals surface area contributed by atoms with Gasteiger partial charge in [0.05, 0.1) is 12.6 Å². The predicted octanol–water partition coefficient (Wildman–Crippen LogP) is 1.69. The molecule has 2 unspecified atom stereocenters. The van der Waals surface area contributed by atoms with Crippen LogP contribution in [0.4, 0.5) is 4.79 Å².